The molecule has 28 heavy (non-hydrogen) atoms. The van der Waals surface area contributed by atoms with Crippen molar-refractivity contribution in [3.63, 3.8) is 0 Å². The molecule has 5 nitrogen and oxygen atoms in total. The largest absolute Gasteiger partial charge is 0.481 e. The zero-order chi connectivity index (χ0) is 20.6. The summed E-state index contributed by atoms with van der Waals surface area (Å²) in [7, 11) is 0. The number of unbranched alkanes of at least 4 members (excludes halogenated alkanes) is 3. The first-order valence-electron chi connectivity index (χ1n) is 10.3. The maximum absolute atomic E-state index is 12.2. The second kappa shape index (κ2) is 10.4. The highest BCUT2D eigenvalue weighted by Gasteiger charge is 2.31. The van der Waals surface area contributed by atoms with Gasteiger partial charge < -0.3 is 15.1 Å². The third-order valence-corrected chi connectivity index (χ3v) is 5.69. The molecule has 1 saturated heterocycles. The number of likely N-dealkylation sites (tertiary alicyclic amines) is 1. The van der Waals surface area contributed by atoms with Gasteiger partial charge in [0.05, 0.1) is 12.1 Å². The lowest BCUT2D eigenvalue weighted by Gasteiger charge is -2.30. The molecule has 1 aromatic rings. The number of benzene rings is 1. The highest BCUT2D eigenvalue weighted by atomic mass is 16.4. The average molecular weight is 388 g/mol. The molecule has 0 aliphatic carbocycles. The number of carbonyl (C=O) groups excluding carboxylic acids is 1. The van der Waals surface area contributed by atoms with Crippen molar-refractivity contribution >= 4 is 11.9 Å². The van der Waals surface area contributed by atoms with Gasteiger partial charge in [0.1, 0.15) is 0 Å². The van der Waals surface area contributed by atoms with Crippen LogP contribution in [0.5, 0.6) is 0 Å². The molecule has 154 valence electrons. The Morgan fingerprint density at radius 2 is 1.89 bits per heavy atom. The minimum absolute atomic E-state index is 0.0349. The fourth-order valence-corrected chi connectivity index (χ4v) is 3.67. The number of rotatable bonds is 11. The van der Waals surface area contributed by atoms with E-state index in [1.54, 1.807) is 0 Å². The van der Waals surface area contributed by atoms with Gasteiger partial charge in [-0.3, -0.25) is 9.59 Å². The van der Waals surface area contributed by atoms with Gasteiger partial charge >= 0.3 is 5.97 Å². The second-order valence-electron chi connectivity index (χ2n) is 8.17. The van der Waals surface area contributed by atoms with Crippen LogP contribution in [0.15, 0.2) is 42.5 Å². The van der Waals surface area contributed by atoms with Gasteiger partial charge in [-0.1, -0.05) is 69.2 Å². The van der Waals surface area contributed by atoms with Crippen molar-refractivity contribution in [1.82, 2.24) is 4.90 Å². The molecule has 0 spiro atoms. The first kappa shape index (κ1) is 22.2. The van der Waals surface area contributed by atoms with E-state index in [0.29, 0.717) is 19.4 Å². The predicted molar refractivity (Wildman–Crippen MR) is 110 cm³/mol. The van der Waals surface area contributed by atoms with E-state index in [1.165, 1.54) is 0 Å². The van der Waals surface area contributed by atoms with Crippen molar-refractivity contribution < 1.29 is 19.8 Å². The zero-order valence-corrected chi connectivity index (χ0v) is 17.0. The van der Waals surface area contributed by atoms with Crippen LogP contribution >= 0.6 is 0 Å². The molecule has 1 heterocycles. The molecule has 2 N–H and O–H groups in total. The zero-order valence-electron chi connectivity index (χ0n) is 17.0. The van der Waals surface area contributed by atoms with E-state index in [9.17, 15) is 14.7 Å². The summed E-state index contributed by atoms with van der Waals surface area (Å²) in [6.07, 6.45) is 8.09. The number of hydrogen-bond acceptors (Lipinski definition) is 3. The van der Waals surface area contributed by atoms with Gasteiger partial charge in [0.2, 0.25) is 5.91 Å². The van der Waals surface area contributed by atoms with Crippen LogP contribution in [0.3, 0.4) is 0 Å². The Morgan fingerprint density at radius 3 is 2.57 bits per heavy atom. The van der Waals surface area contributed by atoms with Crippen LogP contribution < -0.4 is 0 Å². The molecule has 1 aromatic carbocycles. The molecule has 2 atom stereocenters. The van der Waals surface area contributed by atoms with E-state index < -0.39 is 17.5 Å². The third-order valence-electron chi connectivity index (χ3n) is 5.69. The Balaban J connectivity index is 1.87. The van der Waals surface area contributed by atoms with E-state index in [1.807, 2.05) is 61.2 Å². The Morgan fingerprint density at radius 1 is 1.21 bits per heavy atom. The average Bonchev–Trinajstić information content (AvgIpc) is 3.02. The SMILES string of the molecule is CC(C)(c1ccccc1)C(O)/C=C/[C@H]1CCC(=O)N1CCCCCCC(=O)O. The van der Waals surface area contributed by atoms with Crippen molar-refractivity contribution in [1.29, 1.82) is 0 Å². The van der Waals surface area contributed by atoms with Crippen molar-refractivity contribution in [2.75, 3.05) is 6.54 Å². The molecule has 2 rings (SSSR count). The number of aliphatic hydroxyl groups is 1. The number of carboxylic acid groups (broad SMARTS) is 1. The number of carbonyl (C=O) groups is 2. The number of aliphatic hydroxyl groups excluding tert-OH is 1. The molecule has 1 aliphatic heterocycles. The molecular formula is C23H33NO4. The summed E-state index contributed by atoms with van der Waals surface area (Å²) in [6.45, 7) is 4.73. The number of aliphatic carboxylic acids is 1. The normalized spacial score (nSPS) is 18.8. The van der Waals surface area contributed by atoms with Crippen LogP contribution in [0, 0.1) is 0 Å². The quantitative estimate of drug-likeness (QED) is 0.446. The predicted octanol–water partition coefficient (Wildman–Crippen LogP) is 3.91. The van der Waals surface area contributed by atoms with Crippen molar-refractivity contribution in [2.45, 2.75) is 76.4 Å². The van der Waals surface area contributed by atoms with Gasteiger partial charge in [-0.25, -0.2) is 0 Å². The topological polar surface area (TPSA) is 77.8 Å². The molecular weight excluding hydrogens is 354 g/mol. The summed E-state index contributed by atoms with van der Waals surface area (Å²) in [5.74, 6) is -0.589. The molecule has 1 unspecified atom stereocenters. The maximum Gasteiger partial charge on any atom is 0.303 e. The standard InChI is InChI=1S/C23H33NO4/c1-23(2,18-10-6-5-7-11-18)20(25)15-13-19-14-16-21(26)24(19)17-9-4-3-8-12-22(27)28/h5-7,10-11,13,15,19-20,25H,3-4,8-9,12,14,16-17H2,1-2H3,(H,27,28)/b15-13+/t19-,20?/m0/s1. The minimum Gasteiger partial charge on any atom is -0.481 e. The second-order valence-corrected chi connectivity index (χ2v) is 8.17. The van der Waals surface area contributed by atoms with Gasteiger partial charge in [0, 0.05) is 24.8 Å². The minimum atomic E-state index is -0.753. The highest BCUT2D eigenvalue weighted by Crippen LogP contribution is 2.29. The van der Waals surface area contributed by atoms with Crippen LogP contribution in [0.4, 0.5) is 0 Å². The molecule has 0 aromatic heterocycles. The number of carboxylic acids is 1. The third kappa shape index (κ3) is 6.20. The molecule has 1 fully saturated rings. The molecule has 0 bridgehead atoms. The summed E-state index contributed by atoms with van der Waals surface area (Å²) in [6, 6.07) is 9.99. The summed E-state index contributed by atoms with van der Waals surface area (Å²) < 4.78 is 0. The lowest BCUT2D eigenvalue weighted by Crippen LogP contribution is -2.35. The first-order valence-corrected chi connectivity index (χ1v) is 10.3. The van der Waals surface area contributed by atoms with Gasteiger partial charge in [0.25, 0.3) is 0 Å². The van der Waals surface area contributed by atoms with Crippen molar-refractivity contribution in [3.05, 3.63) is 48.0 Å². The van der Waals surface area contributed by atoms with Crippen LogP contribution in [-0.4, -0.2) is 45.7 Å². The fraction of sp³-hybridized carbons (Fsp3) is 0.565. The lowest BCUT2D eigenvalue weighted by atomic mass is 9.79. The number of hydrogen-bond donors (Lipinski definition) is 2. The Kier molecular flexibility index (Phi) is 8.24. The number of amides is 1. The lowest BCUT2D eigenvalue weighted by molar-refractivity contribution is -0.137. The van der Waals surface area contributed by atoms with Crippen molar-refractivity contribution in [2.24, 2.45) is 0 Å². The molecule has 5 heteroatoms. The summed E-state index contributed by atoms with van der Waals surface area (Å²) in [5, 5.41) is 19.4. The van der Waals surface area contributed by atoms with Gasteiger partial charge in [-0.15, -0.1) is 0 Å². The summed E-state index contributed by atoms with van der Waals surface area (Å²) in [5.41, 5.74) is 0.669. The molecule has 1 aliphatic rings. The van der Waals surface area contributed by atoms with Crippen LogP contribution in [0.1, 0.15) is 64.4 Å². The summed E-state index contributed by atoms with van der Waals surface area (Å²) >= 11 is 0. The molecule has 0 radical (unpaired) electrons. The van der Waals surface area contributed by atoms with Gasteiger partial charge in [-0.05, 0) is 24.8 Å². The van der Waals surface area contributed by atoms with E-state index in [4.69, 9.17) is 5.11 Å². The smallest absolute Gasteiger partial charge is 0.303 e. The molecule has 1 amide bonds. The van der Waals surface area contributed by atoms with Crippen LogP contribution in [-0.2, 0) is 15.0 Å². The van der Waals surface area contributed by atoms with Gasteiger partial charge in [-0.2, -0.15) is 0 Å². The number of nitrogens with zero attached hydrogens (tertiary/aromatic N) is 1. The fourth-order valence-electron chi connectivity index (χ4n) is 3.67. The van der Waals surface area contributed by atoms with Crippen LogP contribution in [0.2, 0.25) is 0 Å². The Hall–Kier alpha value is -2.14. The summed E-state index contributed by atoms with van der Waals surface area (Å²) in [4.78, 5) is 24.6. The monoisotopic (exact) mass is 387 g/mol. The Labute approximate surface area is 168 Å². The van der Waals surface area contributed by atoms with E-state index >= 15 is 0 Å². The van der Waals surface area contributed by atoms with E-state index in [0.717, 1.165) is 31.2 Å². The molecule has 0 saturated carbocycles. The van der Waals surface area contributed by atoms with Gasteiger partial charge in [0.15, 0.2) is 0 Å². The van der Waals surface area contributed by atoms with E-state index in [2.05, 4.69) is 0 Å². The maximum atomic E-state index is 12.2. The first-order chi connectivity index (χ1) is 13.3. The van der Waals surface area contributed by atoms with Crippen molar-refractivity contribution in [3.8, 4) is 0 Å². The van der Waals surface area contributed by atoms with E-state index in [-0.39, 0.29) is 18.4 Å². The van der Waals surface area contributed by atoms with Crippen LogP contribution in [0.25, 0.3) is 0 Å². The Bertz CT molecular complexity index is 668. The highest BCUT2D eigenvalue weighted by molar-refractivity contribution is 5.79.